The second kappa shape index (κ2) is 6.62. The predicted octanol–water partition coefficient (Wildman–Crippen LogP) is 2.35. The van der Waals surface area contributed by atoms with Crippen LogP contribution in [0.5, 0.6) is 5.75 Å². The van der Waals surface area contributed by atoms with Crippen LogP contribution in [0.3, 0.4) is 0 Å². The van der Waals surface area contributed by atoms with Gasteiger partial charge in [0.05, 0.1) is 7.11 Å². The molecule has 0 aliphatic rings. The largest absolute Gasteiger partial charge is 0.496 e. The Bertz CT molecular complexity index is 348. The Morgan fingerprint density at radius 2 is 1.94 bits per heavy atom. The zero-order chi connectivity index (χ0) is 12.8. The number of nitrogens with two attached hydrogens (primary N) is 1. The molecule has 1 unspecified atom stereocenters. The van der Waals surface area contributed by atoms with Crippen molar-refractivity contribution in [2.75, 3.05) is 26.7 Å². The van der Waals surface area contributed by atoms with Crippen molar-refractivity contribution < 1.29 is 4.74 Å². The standard InChI is InChI=1S/C14H24N2O/c1-5-16(6-2)13(10-15)12-7-8-14(17-4)11(3)9-12/h7-9,13H,5-6,10,15H2,1-4H3. The molecule has 1 aromatic carbocycles. The first-order valence-electron chi connectivity index (χ1n) is 6.26. The highest BCUT2D eigenvalue weighted by Gasteiger charge is 2.16. The summed E-state index contributed by atoms with van der Waals surface area (Å²) in [5, 5.41) is 0. The molecule has 0 heterocycles. The van der Waals surface area contributed by atoms with Crippen molar-refractivity contribution in [1.29, 1.82) is 0 Å². The average molecular weight is 236 g/mol. The minimum atomic E-state index is 0.301. The smallest absolute Gasteiger partial charge is 0.121 e. The molecule has 3 nitrogen and oxygen atoms in total. The van der Waals surface area contributed by atoms with Crippen LogP contribution < -0.4 is 10.5 Å². The quantitative estimate of drug-likeness (QED) is 0.824. The summed E-state index contributed by atoms with van der Waals surface area (Å²) in [6.45, 7) is 9.09. The topological polar surface area (TPSA) is 38.5 Å². The highest BCUT2D eigenvalue weighted by molar-refractivity contribution is 5.37. The van der Waals surface area contributed by atoms with Crippen LogP contribution in [-0.2, 0) is 0 Å². The molecule has 0 amide bonds. The number of ether oxygens (including phenoxy) is 1. The zero-order valence-corrected chi connectivity index (χ0v) is 11.4. The Balaban J connectivity index is 3.00. The third-order valence-corrected chi connectivity index (χ3v) is 3.28. The number of likely N-dealkylation sites (N-methyl/N-ethyl adjacent to an activating group) is 1. The molecule has 0 fully saturated rings. The summed E-state index contributed by atoms with van der Waals surface area (Å²) in [6, 6.07) is 6.61. The van der Waals surface area contributed by atoms with E-state index in [1.165, 1.54) is 5.56 Å². The third-order valence-electron chi connectivity index (χ3n) is 3.28. The Labute approximate surface area is 105 Å². The fourth-order valence-corrected chi connectivity index (χ4v) is 2.27. The lowest BCUT2D eigenvalue weighted by atomic mass is 10.0. The molecule has 0 aliphatic carbocycles. The van der Waals surface area contributed by atoms with Crippen molar-refractivity contribution in [3.05, 3.63) is 29.3 Å². The lowest BCUT2D eigenvalue weighted by molar-refractivity contribution is 0.224. The van der Waals surface area contributed by atoms with E-state index in [-0.39, 0.29) is 0 Å². The van der Waals surface area contributed by atoms with Gasteiger partial charge in [-0.2, -0.15) is 0 Å². The molecule has 0 aliphatic heterocycles. The Hall–Kier alpha value is -1.06. The highest BCUT2D eigenvalue weighted by Crippen LogP contribution is 2.25. The van der Waals surface area contributed by atoms with E-state index in [4.69, 9.17) is 10.5 Å². The summed E-state index contributed by atoms with van der Waals surface area (Å²) in [5.41, 5.74) is 8.34. The van der Waals surface area contributed by atoms with Gasteiger partial charge in [-0.15, -0.1) is 0 Å². The highest BCUT2D eigenvalue weighted by atomic mass is 16.5. The van der Waals surface area contributed by atoms with E-state index in [2.05, 4.69) is 37.8 Å². The molecule has 1 atom stereocenters. The van der Waals surface area contributed by atoms with Crippen molar-refractivity contribution in [2.45, 2.75) is 26.8 Å². The van der Waals surface area contributed by atoms with Crippen LogP contribution in [0.15, 0.2) is 18.2 Å². The first-order valence-corrected chi connectivity index (χ1v) is 6.26. The number of nitrogens with zero attached hydrogens (tertiary/aromatic N) is 1. The second-order valence-corrected chi connectivity index (χ2v) is 4.20. The maximum Gasteiger partial charge on any atom is 0.121 e. The molecule has 0 spiro atoms. The lowest BCUT2D eigenvalue weighted by Crippen LogP contribution is -2.33. The molecule has 3 heteroatoms. The molecular weight excluding hydrogens is 212 g/mol. The molecule has 1 aromatic rings. The van der Waals surface area contributed by atoms with Gasteiger partial charge in [0.15, 0.2) is 0 Å². The van der Waals surface area contributed by atoms with Gasteiger partial charge in [-0.3, -0.25) is 4.90 Å². The SMILES string of the molecule is CCN(CC)C(CN)c1ccc(OC)c(C)c1. The third kappa shape index (κ3) is 3.20. The van der Waals surface area contributed by atoms with Gasteiger partial charge in [0.2, 0.25) is 0 Å². The first-order chi connectivity index (χ1) is 8.17. The van der Waals surface area contributed by atoms with Crippen LogP contribution in [0, 0.1) is 6.92 Å². The fraction of sp³-hybridized carbons (Fsp3) is 0.571. The number of rotatable bonds is 6. The Morgan fingerprint density at radius 1 is 1.29 bits per heavy atom. The monoisotopic (exact) mass is 236 g/mol. The Morgan fingerprint density at radius 3 is 2.35 bits per heavy atom. The van der Waals surface area contributed by atoms with Crippen LogP contribution in [0.25, 0.3) is 0 Å². The fourth-order valence-electron chi connectivity index (χ4n) is 2.27. The number of methoxy groups -OCH3 is 1. The molecule has 0 saturated carbocycles. The zero-order valence-electron chi connectivity index (χ0n) is 11.4. The van der Waals surface area contributed by atoms with Crippen molar-refractivity contribution >= 4 is 0 Å². The predicted molar refractivity (Wildman–Crippen MR) is 72.4 cm³/mol. The molecule has 96 valence electrons. The van der Waals surface area contributed by atoms with Crippen LogP contribution in [0.1, 0.15) is 31.0 Å². The van der Waals surface area contributed by atoms with Crippen LogP contribution in [0.4, 0.5) is 0 Å². The van der Waals surface area contributed by atoms with Crippen molar-refractivity contribution in [2.24, 2.45) is 5.73 Å². The summed E-state index contributed by atoms with van der Waals surface area (Å²) < 4.78 is 5.28. The lowest BCUT2D eigenvalue weighted by Gasteiger charge is -2.29. The average Bonchev–Trinajstić information content (AvgIpc) is 2.35. The summed E-state index contributed by atoms with van der Waals surface area (Å²) in [7, 11) is 1.70. The maximum absolute atomic E-state index is 5.90. The van der Waals surface area contributed by atoms with Gasteiger partial charge in [0.25, 0.3) is 0 Å². The second-order valence-electron chi connectivity index (χ2n) is 4.20. The van der Waals surface area contributed by atoms with E-state index in [1.54, 1.807) is 7.11 Å². The van der Waals surface area contributed by atoms with Crippen LogP contribution in [-0.4, -0.2) is 31.6 Å². The van der Waals surface area contributed by atoms with E-state index >= 15 is 0 Å². The van der Waals surface area contributed by atoms with E-state index < -0.39 is 0 Å². The van der Waals surface area contributed by atoms with Gasteiger partial charge in [-0.25, -0.2) is 0 Å². The number of hydrogen-bond acceptors (Lipinski definition) is 3. The van der Waals surface area contributed by atoms with E-state index in [1.807, 2.05) is 6.07 Å². The van der Waals surface area contributed by atoms with Gasteiger partial charge < -0.3 is 10.5 Å². The molecule has 0 saturated heterocycles. The molecule has 0 radical (unpaired) electrons. The normalized spacial score (nSPS) is 12.8. The van der Waals surface area contributed by atoms with Crippen molar-refractivity contribution in [3.8, 4) is 5.75 Å². The van der Waals surface area contributed by atoms with Crippen molar-refractivity contribution in [1.82, 2.24) is 4.90 Å². The van der Waals surface area contributed by atoms with Crippen LogP contribution in [0.2, 0.25) is 0 Å². The molecule has 0 bridgehead atoms. The van der Waals surface area contributed by atoms with Gasteiger partial charge >= 0.3 is 0 Å². The molecule has 0 aromatic heterocycles. The Kier molecular flexibility index (Phi) is 5.45. The first kappa shape index (κ1) is 14.0. The number of benzene rings is 1. The molecular formula is C14H24N2O. The summed E-state index contributed by atoms with van der Waals surface area (Å²) in [6.07, 6.45) is 0. The van der Waals surface area contributed by atoms with Gasteiger partial charge in [0.1, 0.15) is 5.75 Å². The van der Waals surface area contributed by atoms with Crippen molar-refractivity contribution in [3.63, 3.8) is 0 Å². The molecule has 1 rings (SSSR count). The van der Waals surface area contributed by atoms with E-state index in [9.17, 15) is 0 Å². The van der Waals surface area contributed by atoms with E-state index in [0.29, 0.717) is 12.6 Å². The summed E-state index contributed by atoms with van der Waals surface area (Å²) in [4.78, 5) is 2.38. The summed E-state index contributed by atoms with van der Waals surface area (Å²) in [5.74, 6) is 0.934. The summed E-state index contributed by atoms with van der Waals surface area (Å²) >= 11 is 0. The molecule has 17 heavy (non-hydrogen) atoms. The van der Waals surface area contributed by atoms with Gasteiger partial charge in [-0.05, 0) is 37.2 Å². The van der Waals surface area contributed by atoms with Gasteiger partial charge in [-0.1, -0.05) is 26.0 Å². The number of hydrogen-bond donors (Lipinski definition) is 1. The van der Waals surface area contributed by atoms with Gasteiger partial charge in [0, 0.05) is 12.6 Å². The molecule has 2 N–H and O–H groups in total. The van der Waals surface area contributed by atoms with Crippen LogP contribution >= 0.6 is 0 Å². The van der Waals surface area contributed by atoms with E-state index in [0.717, 1.165) is 24.4 Å². The minimum absolute atomic E-state index is 0.301. The minimum Gasteiger partial charge on any atom is -0.496 e. The number of aryl methyl sites for hydroxylation is 1. The maximum atomic E-state index is 5.90.